The summed E-state index contributed by atoms with van der Waals surface area (Å²) in [6, 6.07) is 21.4. The summed E-state index contributed by atoms with van der Waals surface area (Å²) in [7, 11) is 0. The van der Waals surface area contributed by atoms with Gasteiger partial charge in [-0.05, 0) is 24.0 Å². The maximum Gasteiger partial charge on any atom is 0.0800 e. The minimum Gasteiger partial charge on any atom is -0.375 e. The van der Waals surface area contributed by atoms with Crippen LogP contribution in [-0.2, 0) is 17.6 Å². The number of hydrogen-bond donors (Lipinski definition) is 1. The molecule has 0 saturated carbocycles. The maximum absolute atomic E-state index is 6.20. The molecule has 1 fully saturated rings. The van der Waals surface area contributed by atoms with Crippen molar-refractivity contribution in [3.63, 3.8) is 0 Å². The van der Waals surface area contributed by atoms with Crippen molar-refractivity contribution in [2.45, 2.75) is 37.8 Å². The molecule has 2 nitrogen and oxygen atoms in total. The van der Waals surface area contributed by atoms with E-state index < -0.39 is 0 Å². The van der Waals surface area contributed by atoms with E-state index >= 15 is 0 Å². The topological polar surface area (TPSA) is 21.3 Å². The predicted molar refractivity (Wildman–Crippen MR) is 91.1 cm³/mol. The van der Waals surface area contributed by atoms with E-state index in [1.807, 2.05) is 0 Å². The highest BCUT2D eigenvalue weighted by atomic mass is 16.5. The van der Waals surface area contributed by atoms with Crippen LogP contribution in [0.3, 0.4) is 0 Å². The number of ether oxygens (including phenoxy) is 1. The Kier molecular flexibility index (Phi) is 4.91. The number of nitrogens with one attached hydrogen (secondary N) is 1. The summed E-state index contributed by atoms with van der Waals surface area (Å²) in [5, 5.41) is 3.78. The highest BCUT2D eigenvalue weighted by Crippen LogP contribution is 2.28. The second-order valence-electron chi connectivity index (χ2n) is 6.15. The van der Waals surface area contributed by atoms with E-state index in [4.69, 9.17) is 4.74 Å². The van der Waals surface area contributed by atoms with Crippen LogP contribution >= 0.6 is 0 Å². The van der Waals surface area contributed by atoms with Crippen LogP contribution in [0.25, 0.3) is 0 Å². The summed E-state index contributed by atoms with van der Waals surface area (Å²) in [6.45, 7) is 4.00. The van der Waals surface area contributed by atoms with Gasteiger partial charge in [-0.3, -0.25) is 0 Å². The van der Waals surface area contributed by atoms with Gasteiger partial charge < -0.3 is 10.1 Å². The molecule has 22 heavy (non-hydrogen) atoms. The van der Waals surface area contributed by atoms with Crippen LogP contribution in [0.2, 0.25) is 0 Å². The van der Waals surface area contributed by atoms with Gasteiger partial charge in [0.05, 0.1) is 12.7 Å². The molecule has 1 heterocycles. The third-order valence-corrected chi connectivity index (χ3v) is 4.77. The van der Waals surface area contributed by atoms with Crippen LogP contribution in [0.4, 0.5) is 0 Å². The molecule has 0 aliphatic carbocycles. The molecule has 1 saturated heterocycles. The molecule has 2 atom stereocenters. The zero-order valence-electron chi connectivity index (χ0n) is 13.3. The third-order valence-electron chi connectivity index (χ3n) is 4.77. The van der Waals surface area contributed by atoms with E-state index in [2.05, 4.69) is 72.9 Å². The Labute approximate surface area is 133 Å². The fourth-order valence-corrected chi connectivity index (χ4v) is 3.47. The van der Waals surface area contributed by atoms with Gasteiger partial charge in [-0.2, -0.15) is 0 Å². The van der Waals surface area contributed by atoms with Crippen molar-refractivity contribution in [3.05, 3.63) is 71.8 Å². The van der Waals surface area contributed by atoms with Crippen LogP contribution in [-0.4, -0.2) is 24.8 Å². The predicted octanol–water partition coefficient (Wildman–Crippen LogP) is 3.61. The van der Waals surface area contributed by atoms with Gasteiger partial charge in [0, 0.05) is 18.5 Å². The quantitative estimate of drug-likeness (QED) is 0.910. The molecule has 3 rings (SSSR count). The van der Waals surface area contributed by atoms with Crippen LogP contribution in [0, 0.1) is 0 Å². The Bertz CT molecular complexity index is 569. The lowest BCUT2D eigenvalue weighted by Gasteiger charge is -2.45. The second kappa shape index (κ2) is 7.08. The summed E-state index contributed by atoms with van der Waals surface area (Å²) in [4.78, 5) is 0. The van der Waals surface area contributed by atoms with Crippen LogP contribution in [0.5, 0.6) is 0 Å². The number of hydrogen-bond acceptors (Lipinski definition) is 2. The molecule has 2 heteroatoms. The van der Waals surface area contributed by atoms with Crippen molar-refractivity contribution in [2.24, 2.45) is 0 Å². The van der Waals surface area contributed by atoms with E-state index in [9.17, 15) is 0 Å². The standard InChI is InChI=1S/C20H25NO/c1-2-20(16-18-11-7-4-8-12-18)19(22-14-13-21-20)15-17-9-5-3-6-10-17/h3-12,19,21H,2,13-16H2,1H3. The molecular weight excluding hydrogens is 270 g/mol. The number of morpholine rings is 1. The summed E-state index contributed by atoms with van der Waals surface area (Å²) in [6.07, 6.45) is 3.27. The van der Waals surface area contributed by atoms with Crippen LogP contribution in [0.15, 0.2) is 60.7 Å². The molecule has 0 radical (unpaired) electrons. The summed E-state index contributed by atoms with van der Waals surface area (Å²) < 4.78 is 6.20. The van der Waals surface area contributed by atoms with E-state index in [1.54, 1.807) is 0 Å². The van der Waals surface area contributed by atoms with Crippen molar-refractivity contribution >= 4 is 0 Å². The second-order valence-corrected chi connectivity index (χ2v) is 6.15. The first-order valence-electron chi connectivity index (χ1n) is 8.27. The van der Waals surface area contributed by atoms with Crippen molar-refractivity contribution in [1.29, 1.82) is 0 Å². The molecule has 1 aliphatic heterocycles. The monoisotopic (exact) mass is 295 g/mol. The van der Waals surface area contributed by atoms with Crippen LogP contribution < -0.4 is 5.32 Å². The third kappa shape index (κ3) is 3.40. The van der Waals surface area contributed by atoms with E-state index in [0.717, 1.165) is 32.4 Å². The molecule has 1 aliphatic rings. The molecule has 0 bridgehead atoms. The largest absolute Gasteiger partial charge is 0.375 e. The zero-order valence-corrected chi connectivity index (χ0v) is 13.3. The van der Waals surface area contributed by atoms with Crippen molar-refractivity contribution < 1.29 is 4.74 Å². The first-order chi connectivity index (χ1) is 10.8. The average molecular weight is 295 g/mol. The molecule has 0 aromatic heterocycles. The molecule has 116 valence electrons. The van der Waals surface area contributed by atoms with Gasteiger partial charge in [-0.25, -0.2) is 0 Å². The van der Waals surface area contributed by atoms with Gasteiger partial charge in [-0.1, -0.05) is 67.6 Å². The zero-order chi connectivity index (χ0) is 15.3. The Hall–Kier alpha value is -1.64. The molecule has 2 aromatic rings. The molecule has 2 unspecified atom stereocenters. The molecular formula is C20H25NO. The molecule has 0 spiro atoms. The first kappa shape index (κ1) is 15.3. The van der Waals surface area contributed by atoms with Crippen molar-refractivity contribution in [2.75, 3.05) is 13.2 Å². The van der Waals surface area contributed by atoms with E-state index in [1.165, 1.54) is 11.1 Å². The van der Waals surface area contributed by atoms with E-state index in [0.29, 0.717) is 0 Å². The van der Waals surface area contributed by atoms with Gasteiger partial charge >= 0.3 is 0 Å². The summed E-state index contributed by atoms with van der Waals surface area (Å²) in [5.41, 5.74) is 2.75. The lowest BCUT2D eigenvalue weighted by molar-refractivity contribution is -0.0517. The van der Waals surface area contributed by atoms with Crippen molar-refractivity contribution in [3.8, 4) is 0 Å². The summed E-state index contributed by atoms with van der Waals surface area (Å²) >= 11 is 0. The maximum atomic E-state index is 6.20. The Balaban J connectivity index is 1.82. The molecule has 0 amide bonds. The Morgan fingerprint density at radius 1 is 1.00 bits per heavy atom. The van der Waals surface area contributed by atoms with Gasteiger partial charge in [-0.15, -0.1) is 0 Å². The van der Waals surface area contributed by atoms with Crippen LogP contribution in [0.1, 0.15) is 24.5 Å². The fourth-order valence-electron chi connectivity index (χ4n) is 3.47. The minimum atomic E-state index is 0.0233. The lowest BCUT2D eigenvalue weighted by Crippen LogP contribution is -2.61. The van der Waals surface area contributed by atoms with Gasteiger partial charge in [0.25, 0.3) is 0 Å². The fraction of sp³-hybridized carbons (Fsp3) is 0.400. The highest BCUT2D eigenvalue weighted by molar-refractivity contribution is 5.22. The molecule has 2 aromatic carbocycles. The Morgan fingerprint density at radius 2 is 1.64 bits per heavy atom. The van der Waals surface area contributed by atoms with Gasteiger partial charge in [0.15, 0.2) is 0 Å². The normalized spacial score (nSPS) is 25.0. The van der Waals surface area contributed by atoms with Gasteiger partial charge in [0.2, 0.25) is 0 Å². The number of rotatable bonds is 5. The SMILES string of the molecule is CCC1(Cc2ccccc2)NCCOC1Cc1ccccc1. The first-order valence-corrected chi connectivity index (χ1v) is 8.27. The Morgan fingerprint density at radius 3 is 2.27 bits per heavy atom. The van der Waals surface area contributed by atoms with Crippen molar-refractivity contribution in [1.82, 2.24) is 5.32 Å². The average Bonchev–Trinajstić information content (AvgIpc) is 2.58. The highest BCUT2D eigenvalue weighted by Gasteiger charge is 2.40. The number of benzene rings is 2. The summed E-state index contributed by atoms with van der Waals surface area (Å²) in [5.74, 6) is 0. The molecule has 1 N–H and O–H groups in total. The minimum absolute atomic E-state index is 0.0233. The van der Waals surface area contributed by atoms with E-state index in [-0.39, 0.29) is 11.6 Å². The van der Waals surface area contributed by atoms with Gasteiger partial charge in [0.1, 0.15) is 0 Å². The lowest BCUT2D eigenvalue weighted by atomic mass is 9.79. The smallest absolute Gasteiger partial charge is 0.0800 e.